The molecule has 2 saturated heterocycles. The molecule has 0 N–H and O–H groups in total. The highest BCUT2D eigenvalue weighted by molar-refractivity contribution is 7.89. The van der Waals surface area contributed by atoms with Crippen LogP contribution in [0.2, 0.25) is 0 Å². The van der Waals surface area contributed by atoms with Gasteiger partial charge in [0.25, 0.3) is 0 Å². The van der Waals surface area contributed by atoms with Gasteiger partial charge in [-0.15, -0.1) is 0 Å². The molecular formula is C20H25N3O5S2. The van der Waals surface area contributed by atoms with Crippen LogP contribution in [0.4, 0.5) is 5.69 Å². The minimum atomic E-state index is -3.68. The van der Waals surface area contributed by atoms with Gasteiger partial charge in [0.1, 0.15) is 0 Å². The molecule has 2 aliphatic heterocycles. The number of sulfonamides is 2. The van der Waals surface area contributed by atoms with Crippen LogP contribution in [0.1, 0.15) is 0 Å². The molecule has 2 heterocycles. The predicted octanol–water partition coefficient (Wildman–Crippen LogP) is 1.22. The normalized spacial score (nSPS) is 19.7. The molecule has 10 heteroatoms. The lowest BCUT2D eigenvalue weighted by molar-refractivity contribution is 0.0730. The summed E-state index contributed by atoms with van der Waals surface area (Å²) in [6.07, 6.45) is 0. The Kier molecular flexibility index (Phi) is 6.12. The van der Waals surface area contributed by atoms with E-state index in [1.807, 2.05) is 30.3 Å². The molecule has 0 bridgehead atoms. The lowest BCUT2D eigenvalue weighted by atomic mass is 10.2. The van der Waals surface area contributed by atoms with E-state index in [1.54, 1.807) is 0 Å². The average Bonchev–Trinajstić information content (AvgIpc) is 2.80. The highest BCUT2D eigenvalue weighted by Crippen LogP contribution is 2.23. The van der Waals surface area contributed by atoms with E-state index >= 15 is 0 Å². The second-order valence-corrected chi connectivity index (χ2v) is 11.1. The number of para-hydroxylation sites is 1. The number of hydrogen-bond acceptors (Lipinski definition) is 6. The molecule has 8 nitrogen and oxygen atoms in total. The highest BCUT2D eigenvalue weighted by Gasteiger charge is 2.30. The maximum absolute atomic E-state index is 13.0. The number of ether oxygens (including phenoxy) is 1. The number of rotatable bonds is 5. The average molecular weight is 452 g/mol. The summed E-state index contributed by atoms with van der Waals surface area (Å²) >= 11 is 0. The third-order valence-corrected chi connectivity index (χ3v) is 9.26. The van der Waals surface area contributed by atoms with Gasteiger partial charge >= 0.3 is 0 Å². The first-order chi connectivity index (χ1) is 14.4. The van der Waals surface area contributed by atoms with E-state index in [4.69, 9.17) is 4.74 Å². The third-order valence-electron chi connectivity index (χ3n) is 5.43. The van der Waals surface area contributed by atoms with Crippen LogP contribution in [0.5, 0.6) is 0 Å². The molecule has 0 saturated carbocycles. The molecule has 0 unspecified atom stereocenters. The smallest absolute Gasteiger partial charge is 0.243 e. The second kappa shape index (κ2) is 8.64. The lowest BCUT2D eigenvalue weighted by Gasteiger charge is -2.35. The maximum Gasteiger partial charge on any atom is 0.243 e. The SMILES string of the molecule is O=S(=O)(c1ccc(S(=O)(=O)N2CCN(c3ccccc3)CC2)cc1)N1CCOCC1. The largest absolute Gasteiger partial charge is 0.379 e. The quantitative estimate of drug-likeness (QED) is 0.679. The zero-order chi connectivity index (χ0) is 21.2. The highest BCUT2D eigenvalue weighted by atomic mass is 32.2. The monoisotopic (exact) mass is 451 g/mol. The number of benzene rings is 2. The van der Waals surface area contributed by atoms with E-state index in [0.29, 0.717) is 52.5 Å². The molecule has 0 aliphatic carbocycles. The first-order valence-corrected chi connectivity index (χ1v) is 12.8. The molecule has 4 rings (SSSR count). The molecule has 2 aromatic carbocycles. The first kappa shape index (κ1) is 21.3. The Bertz CT molecular complexity index is 1060. The van der Waals surface area contributed by atoms with Gasteiger partial charge in [0, 0.05) is 45.0 Å². The van der Waals surface area contributed by atoms with Crippen LogP contribution in [0.3, 0.4) is 0 Å². The van der Waals surface area contributed by atoms with Crippen molar-refractivity contribution in [2.75, 3.05) is 57.4 Å². The molecular weight excluding hydrogens is 426 g/mol. The van der Waals surface area contributed by atoms with Crippen molar-refractivity contribution in [3.05, 3.63) is 54.6 Å². The van der Waals surface area contributed by atoms with E-state index in [1.165, 1.54) is 32.9 Å². The Labute approximate surface area is 177 Å². The van der Waals surface area contributed by atoms with Crippen molar-refractivity contribution < 1.29 is 21.6 Å². The van der Waals surface area contributed by atoms with E-state index in [2.05, 4.69) is 4.90 Å². The summed E-state index contributed by atoms with van der Waals surface area (Å²) in [5.41, 5.74) is 1.08. The Hall–Kier alpha value is -1.98. The molecule has 0 spiro atoms. The fraction of sp³-hybridized carbons (Fsp3) is 0.400. The molecule has 0 atom stereocenters. The van der Waals surface area contributed by atoms with Gasteiger partial charge in [0.05, 0.1) is 23.0 Å². The number of nitrogens with zero attached hydrogens (tertiary/aromatic N) is 3. The number of hydrogen-bond donors (Lipinski definition) is 0. The van der Waals surface area contributed by atoms with E-state index in [0.717, 1.165) is 5.69 Å². The predicted molar refractivity (Wildman–Crippen MR) is 113 cm³/mol. The van der Waals surface area contributed by atoms with E-state index < -0.39 is 20.0 Å². The van der Waals surface area contributed by atoms with Crippen LogP contribution in [0.25, 0.3) is 0 Å². The van der Waals surface area contributed by atoms with Gasteiger partial charge in [-0.25, -0.2) is 16.8 Å². The van der Waals surface area contributed by atoms with Crippen LogP contribution >= 0.6 is 0 Å². The Morgan fingerprint density at radius 3 is 1.57 bits per heavy atom. The lowest BCUT2D eigenvalue weighted by Crippen LogP contribution is -2.48. The summed E-state index contributed by atoms with van der Waals surface area (Å²) in [7, 11) is -7.33. The zero-order valence-electron chi connectivity index (χ0n) is 16.6. The van der Waals surface area contributed by atoms with Crippen LogP contribution in [-0.4, -0.2) is 77.9 Å². The van der Waals surface area contributed by atoms with Gasteiger partial charge in [-0.05, 0) is 36.4 Å². The fourth-order valence-electron chi connectivity index (χ4n) is 3.69. The topological polar surface area (TPSA) is 87.2 Å². The summed E-state index contributed by atoms with van der Waals surface area (Å²) in [6, 6.07) is 15.4. The Morgan fingerprint density at radius 2 is 1.07 bits per heavy atom. The van der Waals surface area contributed by atoms with Crippen LogP contribution in [0, 0.1) is 0 Å². The summed E-state index contributed by atoms with van der Waals surface area (Å²) < 4.78 is 59.5. The summed E-state index contributed by atoms with van der Waals surface area (Å²) in [5.74, 6) is 0. The fourth-order valence-corrected chi connectivity index (χ4v) is 6.52. The van der Waals surface area contributed by atoms with Crippen molar-refractivity contribution in [2.24, 2.45) is 0 Å². The van der Waals surface area contributed by atoms with E-state index in [9.17, 15) is 16.8 Å². The van der Waals surface area contributed by atoms with Crippen molar-refractivity contribution in [1.82, 2.24) is 8.61 Å². The first-order valence-electron chi connectivity index (χ1n) is 9.87. The number of anilines is 1. The molecule has 0 radical (unpaired) electrons. The number of morpholine rings is 1. The number of piperazine rings is 1. The summed E-state index contributed by atoms with van der Waals surface area (Å²) in [5, 5.41) is 0. The second-order valence-electron chi connectivity index (χ2n) is 7.21. The zero-order valence-corrected chi connectivity index (χ0v) is 18.2. The molecule has 2 fully saturated rings. The van der Waals surface area contributed by atoms with Gasteiger partial charge in [-0.2, -0.15) is 8.61 Å². The van der Waals surface area contributed by atoms with Crippen LogP contribution in [0.15, 0.2) is 64.4 Å². The molecule has 30 heavy (non-hydrogen) atoms. The van der Waals surface area contributed by atoms with Gasteiger partial charge in [0.2, 0.25) is 20.0 Å². The maximum atomic E-state index is 13.0. The van der Waals surface area contributed by atoms with Crippen molar-refractivity contribution >= 4 is 25.7 Å². The van der Waals surface area contributed by atoms with E-state index in [-0.39, 0.29) is 9.79 Å². The third kappa shape index (κ3) is 4.23. The van der Waals surface area contributed by atoms with Crippen molar-refractivity contribution in [2.45, 2.75) is 9.79 Å². The van der Waals surface area contributed by atoms with Gasteiger partial charge in [-0.3, -0.25) is 0 Å². The Balaban J connectivity index is 1.46. The molecule has 162 valence electrons. The van der Waals surface area contributed by atoms with Crippen LogP contribution < -0.4 is 4.90 Å². The molecule has 0 amide bonds. The van der Waals surface area contributed by atoms with Gasteiger partial charge in [-0.1, -0.05) is 18.2 Å². The van der Waals surface area contributed by atoms with Crippen molar-refractivity contribution in [3.8, 4) is 0 Å². The van der Waals surface area contributed by atoms with Crippen molar-refractivity contribution in [3.63, 3.8) is 0 Å². The Morgan fingerprint density at radius 1 is 0.600 bits per heavy atom. The molecule has 2 aliphatic rings. The van der Waals surface area contributed by atoms with Crippen LogP contribution in [-0.2, 0) is 24.8 Å². The standard InChI is InChI=1S/C20H25N3O5S2/c24-29(25,22-12-10-21(11-13-22)18-4-2-1-3-5-18)19-6-8-20(9-7-19)30(26,27)23-14-16-28-17-15-23/h1-9H,10-17H2. The molecule has 2 aromatic rings. The minimum absolute atomic E-state index is 0.0947. The summed E-state index contributed by atoms with van der Waals surface area (Å²) in [4.78, 5) is 2.36. The molecule has 0 aromatic heterocycles. The van der Waals surface area contributed by atoms with Gasteiger partial charge < -0.3 is 9.64 Å². The van der Waals surface area contributed by atoms with Gasteiger partial charge in [0.15, 0.2) is 0 Å². The minimum Gasteiger partial charge on any atom is -0.379 e. The summed E-state index contributed by atoms with van der Waals surface area (Å²) in [6.45, 7) is 3.29. The van der Waals surface area contributed by atoms with Crippen molar-refractivity contribution in [1.29, 1.82) is 0 Å².